The fourth-order valence-electron chi connectivity index (χ4n) is 2.78. The smallest absolute Gasteiger partial charge is 0.286 e. The van der Waals surface area contributed by atoms with E-state index in [2.05, 4.69) is 20.3 Å². The van der Waals surface area contributed by atoms with Crippen molar-refractivity contribution in [2.45, 2.75) is 13.5 Å². The van der Waals surface area contributed by atoms with E-state index in [1.807, 2.05) is 49.5 Å². The van der Waals surface area contributed by atoms with E-state index in [1.54, 1.807) is 6.20 Å². The number of amidine groups is 1. The number of H-pyrrole nitrogens is 1. The van der Waals surface area contributed by atoms with Gasteiger partial charge in [0, 0.05) is 34.9 Å². The van der Waals surface area contributed by atoms with Crippen LogP contribution in [0.2, 0.25) is 5.02 Å². The summed E-state index contributed by atoms with van der Waals surface area (Å²) in [5.41, 5.74) is 3.82. The normalized spacial score (nSPS) is 15.7. The third-order valence-corrected chi connectivity index (χ3v) is 5.46. The van der Waals surface area contributed by atoms with Crippen molar-refractivity contribution in [3.63, 3.8) is 0 Å². The summed E-state index contributed by atoms with van der Waals surface area (Å²) in [5.74, 6) is -0.244. The molecule has 0 spiro atoms. The maximum atomic E-state index is 12.2. The van der Waals surface area contributed by atoms with Gasteiger partial charge < -0.3 is 10.3 Å². The van der Waals surface area contributed by atoms with Crippen LogP contribution in [0.15, 0.2) is 52.6 Å². The first kappa shape index (κ1) is 16.9. The van der Waals surface area contributed by atoms with Gasteiger partial charge in [0.2, 0.25) is 0 Å². The van der Waals surface area contributed by atoms with Gasteiger partial charge in [-0.25, -0.2) is 4.98 Å². The molecule has 2 N–H and O–H groups in total. The second kappa shape index (κ2) is 6.97. The summed E-state index contributed by atoms with van der Waals surface area (Å²) in [7, 11) is 0. The highest BCUT2D eigenvalue weighted by molar-refractivity contribution is 8.18. The fraction of sp³-hybridized carbons (Fsp3) is 0.105. The predicted molar refractivity (Wildman–Crippen MR) is 107 cm³/mol. The lowest BCUT2D eigenvalue weighted by Gasteiger charge is -2.09. The van der Waals surface area contributed by atoms with Crippen molar-refractivity contribution in [1.29, 1.82) is 0 Å². The van der Waals surface area contributed by atoms with Crippen molar-refractivity contribution in [3.8, 4) is 0 Å². The summed E-state index contributed by atoms with van der Waals surface area (Å²) in [6, 6.07) is 9.63. The molecule has 0 bridgehead atoms. The number of aliphatic imine (C=N–C) groups is 1. The molecule has 2 aromatic heterocycles. The van der Waals surface area contributed by atoms with Crippen LogP contribution in [0.4, 0.5) is 0 Å². The van der Waals surface area contributed by atoms with E-state index >= 15 is 0 Å². The average Bonchev–Trinajstić information content (AvgIpc) is 3.19. The molecule has 0 radical (unpaired) electrons. The summed E-state index contributed by atoms with van der Waals surface area (Å²) in [5, 5.41) is 5.46. The molecule has 0 fully saturated rings. The number of aromatic nitrogens is 2. The van der Waals surface area contributed by atoms with Crippen LogP contribution in [0, 0.1) is 6.92 Å². The molecule has 0 aliphatic carbocycles. The van der Waals surface area contributed by atoms with Crippen LogP contribution in [-0.4, -0.2) is 21.0 Å². The van der Waals surface area contributed by atoms with Crippen molar-refractivity contribution >= 4 is 51.5 Å². The number of aromatic amines is 1. The number of halogens is 1. The number of carbonyl (C=O) groups is 1. The van der Waals surface area contributed by atoms with Crippen molar-refractivity contribution in [2.24, 2.45) is 4.99 Å². The molecule has 3 heterocycles. The van der Waals surface area contributed by atoms with E-state index in [4.69, 9.17) is 11.6 Å². The summed E-state index contributed by atoms with van der Waals surface area (Å²) in [6.07, 6.45) is 5.41. The Labute approximate surface area is 159 Å². The van der Waals surface area contributed by atoms with Gasteiger partial charge in [0.1, 0.15) is 5.65 Å². The number of rotatable bonds is 3. The van der Waals surface area contributed by atoms with Crippen LogP contribution in [0.1, 0.15) is 16.7 Å². The van der Waals surface area contributed by atoms with Gasteiger partial charge in [-0.2, -0.15) is 4.99 Å². The van der Waals surface area contributed by atoms with Gasteiger partial charge in [-0.15, -0.1) is 0 Å². The first-order chi connectivity index (χ1) is 12.6. The van der Waals surface area contributed by atoms with Gasteiger partial charge in [-0.3, -0.25) is 4.79 Å². The Morgan fingerprint density at radius 3 is 3.04 bits per heavy atom. The number of aryl methyl sites for hydroxylation is 1. The van der Waals surface area contributed by atoms with Crippen LogP contribution in [0.3, 0.4) is 0 Å². The Kier molecular flexibility index (Phi) is 4.53. The lowest BCUT2D eigenvalue weighted by Crippen LogP contribution is -2.19. The highest BCUT2D eigenvalue weighted by Gasteiger charge is 2.22. The van der Waals surface area contributed by atoms with Gasteiger partial charge in [-0.05, 0) is 54.1 Å². The van der Waals surface area contributed by atoms with E-state index in [0.717, 1.165) is 27.7 Å². The van der Waals surface area contributed by atoms with Gasteiger partial charge in [-0.1, -0.05) is 23.7 Å². The van der Waals surface area contributed by atoms with E-state index < -0.39 is 0 Å². The topological polar surface area (TPSA) is 70.1 Å². The second-order valence-corrected chi connectivity index (χ2v) is 7.30. The molecule has 3 aromatic rings. The van der Waals surface area contributed by atoms with Gasteiger partial charge in [0.25, 0.3) is 5.91 Å². The van der Waals surface area contributed by atoms with Gasteiger partial charge in [0.15, 0.2) is 5.17 Å². The minimum atomic E-state index is -0.244. The van der Waals surface area contributed by atoms with Crippen LogP contribution in [-0.2, 0) is 11.3 Å². The van der Waals surface area contributed by atoms with Crippen LogP contribution in [0.25, 0.3) is 17.1 Å². The predicted octanol–water partition coefficient (Wildman–Crippen LogP) is 4.28. The number of amides is 1. The van der Waals surface area contributed by atoms with E-state index in [1.165, 1.54) is 11.8 Å². The largest absolute Gasteiger partial charge is 0.360 e. The minimum Gasteiger partial charge on any atom is -0.360 e. The maximum absolute atomic E-state index is 12.2. The number of hydrogen-bond donors (Lipinski definition) is 2. The van der Waals surface area contributed by atoms with Gasteiger partial charge >= 0.3 is 0 Å². The SMILES string of the molecule is Cc1cccc(Cl)c1CNC1=NC(=O)/C(=C/c2c[nH]c3ncccc23)S1. The molecule has 1 amide bonds. The zero-order valence-corrected chi connectivity index (χ0v) is 15.5. The molecule has 7 heteroatoms. The summed E-state index contributed by atoms with van der Waals surface area (Å²) in [4.78, 5) is 24.3. The fourth-order valence-corrected chi connectivity index (χ4v) is 3.87. The molecule has 5 nitrogen and oxygen atoms in total. The van der Waals surface area contributed by atoms with E-state index in [9.17, 15) is 4.79 Å². The number of nitrogens with one attached hydrogen (secondary N) is 2. The standard InChI is InChI=1S/C19H15ClN4OS/c1-11-4-2-6-15(20)14(11)10-23-19-24-18(25)16(26-19)8-12-9-22-17-13(12)5-3-7-21-17/h2-9H,10H2,1H3,(H,21,22)(H,23,24,25)/b16-8-. The Bertz CT molecular complexity index is 1050. The average molecular weight is 383 g/mol. The number of fused-ring (bicyclic) bond motifs is 1. The van der Waals surface area contributed by atoms with Crippen molar-refractivity contribution in [3.05, 3.63) is 69.3 Å². The molecule has 4 rings (SSSR count). The Morgan fingerprint density at radius 1 is 1.31 bits per heavy atom. The molecule has 0 unspecified atom stereocenters. The molecule has 0 atom stereocenters. The molecule has 1 aliphatic rings. The summed E-state index contributed by atoms with van der Waals surface area (Å²) in [6.45, 7) is 2.53. The minimum absolute atomic E-state index is 0.244. The molecule has 0 saturated carbocycles. The molecule has 26 heavy (non-hydrogen) atoms. The maximum Gasteiger partial charge on any atom is 0.286 e. The first-order valence-electron chi connectivity index (χ1n) is 8.04. The molecular weight excluding hydrogens is 368 g/mol. The number of nitrogens with zero attached hydrogens (tertiary/aromatic N) is 2. The Morgan fingerprint density at radius 2 is 2.19 bits per heavy atom. The van der Waals surface area contributed by atoms with Crippen molar-refractivity contribution in [1.82, 2.24) is 15.3 Å². The molecule has 1 aromatic carbocycles. The lowest BCUT2D eigenvalue weighted by molar-refractivity contribution is -0.113. The molecule has 1 aliphatic heterocycles. The monoisotopic (exact) mass is 382 g/mol. The van der Waals surface area contributed by atoms with Crippen molar-refractivity contribution < 1.29 is 4.79 Å². The van der Waals surface area contributed by atoms with Crippen LogP contribution >= 0.6 is 23.4 Å². The molecule has 130 valence electrons. The zero-order chi connectivity index (χ0) is 18.1. The third-order valence-electron chi connectivity index (χ3n) is 4.16. The quantitative estimate of drug-likeness (QED) is 0.663. The highest BCUT2D eigenvalue weighted by Crippen LogP contribution is 2.30. The second-order valence-electron chi connectivity index (χ2n) is 5.87. The van der Waals surface area contributed by atoms with Crippen molar-refractivity contribution in [2.75, 3.05) is 0 Å². The Balaban J connectivity index is 1.50. The first-order valence-corrected chi connectivity index (χ1v) is 9.24. The number of carbonyl (C=O) groups excluding carboxylic acids is 1. The Hall–Kier alpha value is -2.57. The van der Waals surface area contributed by atoms with Crippen LogP contribution in [0.5, 0.6) is 0 Å². The third kappa shape index (κ3) is 3.25. The van der Waals surface area contributed by atoms with E-state index in [0.29, 0.717) is 21.6 Å². The highest BCUT2D eigenvalue weighted by atomic mass is 35.5. The molecule has 0 saturated heterocycles. The lowest BCUT2D eigenvalue weighted by atomic mass is 10.1. The number of thioether (sulfide) groups is 1. The van der Waals surface area contributed by atoms with Crippen LogP contribution < -0.4 is 5.32 Å². The number of benzene rings is 1. The number of hydrogen-bond acceptors (Lipinski definition) is 4. The zero-order valence-electron chi connectivity index (χ0n) is 13.9. The summed E-state index contributed by atoms with van der Waals surface area (Å²) >= 11 is 7.58. The van der Waals surface area contributed by atoms with E-state index in [-0.39, 0.29) is 5.91 Å². The summed E-state index contributed by atoms with van der Waals surface area (Å²) < 4.78 is 0. The molecular formula is C19H15ClN4OS. The number of pyridine rings is 1. The van der Waals surface area contributed by atoms with Gasteiger partial charge in [0.05, 0.1) is 4.91 Å².